The van der Waals surface area contributed by atoms with Crippen molar-refractivity contribution in [3.63, 3.8) is 0 Å². The molecule has 0 atom stereocenters. The zero-order chi connectivity index (χ0) is 20.2. The molecule has 3 rings (SSSR count). The quantitative estimate of drug-likeness (QED) is 0.223. The lowest BCUT2D eigenvalue weighted by Gasteiger charge is -2.28. The summed E-state index contributed by atoms with van der Waals surface area (Å²) in [6.45, 7) is 5.32. The van der Waals surface area contributed by atoms with Crippen molar-refractivity contribution < 1.29 is 13.6 Å². The lowest BCUT2D eigenvalue weighted by Crippen LogP contribution is -2.23. The molecule has 0 radical (unpaired) electrons. The Hall–Kier alpha value is -1.69. The molecule has 148 valence electrons. The van der Waals surface area contributed by atoms with Crippen molar-refractivity contribution in [2.45, 2.75) is 19.8 Å². The average molecular weight is 433 g/mol. The van der Waals surface area contributed by atoms with Gasteiger partial charge in [0.2, 0.25) is 6.33 Å². The van der Waals surface area contributed by atoms with Crippen LogP contribution in [0, 0.1) is 0 Å². The van der Waals surface area contributed by atoms with E-state index in [9.17, 15) is 0 Å². The number of aryl methyl sites for hydroxylation is 1. The highest BCUT2D eigenvalue weighted by Crippen LogP contribution is 2.47. The Labute approximate surface area is 177 Å². The van der Waals surface area contributed by atoms with Gasteiger partial charge in [-0.25, -0.2) is 9.13 Å². The lowest BCUT2D eigenvalue weighted by molar-refractivity contribution is -0.671. The van der Waals surface area contributed by atoms with Crippen LogP contribution in [-0.4, -0.2) is 4.57 Å². The van der Waals surface area contributed by atoms with E-state index in [1.165, 1.54) is 0 Å². The molecule has 0 amide bonds. The Morgan fingerprint density at radius 1 is 1.04 bits per heavy atom. The normalized spacial score (nSPS) is 10.8. The summed E-state index contributed by atoms with van der Waals surface area (Å²) in [4.78, 5) is 0. The van der Waals surface area contributed by atoms with Gasteiger partial charge in [0, 0.05) is 0 Å². The second-order valence-corrected chi connectivity index (χ2v) is 11.0. The number of imidazole rings is 1. The van der Waals surface area contributed by atoms with Gasteiger partial charge in [0.05, 0.1) is 26.0 Å². The van der Waals surface area contributed by atoms with E-state index in [0.717, 1.165) is 17.7 Å². The molecule has 0 saturated carbocycles. The maximum atomic E-state index is 5.56. The second kappa shape index (κ2) is 12.0. The number of benzene rings is 2. The van der Waals surface area contributed by atoms with E-state index in [4.69, 9.17) is 33.1 Å². The summed E-state index contributed by atoms with van der Waals surface area (Å²) in [6, 6.07) is 19.6. The molecule has 0 saturated heterocycles. The summed E-state index contributed by atoms with van der Waals surface area (Å²) in [7, 11) is 2.00. The fourth-order valence-corrected chi connectivity index (χ4v) is 3.57. The summed E-state index contributed by atoms with van der Waals surface area (Å²) in [5.41, 5.74) is -0.514. The highest BCUT2D eigenvalue weighted by Gasteiger charge is 2.03. The van der Waals surface area contributed by atoms with Gasteiger partial charge in [-0.15, -0.1) is 0 Å². The molecule has 0 unspecified atom stereocenters. The molecule has 0 aliphatic carbocycles. The summed E-state index contributed by atoms with van der Waals surface area (Å²) in [6.07, 6.45) is 7.91. The Balaban J connectivity index is 0.000000261. The predicted octanol–water partition coefficient (Wildman–Crippen LogP) is 4.69. The van der Waals surface area contributed by atoms with Crippen molar-refractivity contribution in [1.29, 1.82) is 0 Å². The maximum absolute atomic E-state index is 5.56. The van der Waals surface area contributed by atoms with Gasteiger partial charge in [0.1, 0.15) is 18.9 Å². The summed E-state index contributed by atoms with van der Waals surface area (Å²) >= 11 is 10.4. The van der Waals surface area contributed by atoms with Gasteiger partial charge in [-0.3, -0.25) is 0 Å². The minimum Gasteiger partial charge on any atom is -0.691 e. The monoisotopic (exact) mass is 432 g/mol. The van der Waals surface area contributed by atoms with Gasteiger partial charge in [-0.2, -0.15) is 0 Å². The van der Waals surface area contributed by atoms with Gasteiger partial charge in [-0.1, -0.05) is 85.1 Å². The molecule has 0 aliphatic rings. The van der Waals surface area contributed by atoms with E-state index in [2.05, 4.69) is 11.1 Å². The first kappa shape index (κ1) is 22.6. The smallest absolute Gasteiger partial charge is 0.243 e. The molecule has 0 aliphatic heterocycles. The Morgan fingerprint density at radius 3 is 1.93 bits per heavy atom. The van der Waals surface area contributed by atoms with Gasteiger partial charge < -0.3 is 21.3 Å². The van der Waals surface area contributed by atoms with Crippen molar-refractivity contribution in [3.8, 4) is 0 Å². The highest BCUT2D eigenvalue weighted by molar-refractivity contribution is 8.51. The minimum atomic E-state index is -2.61. The average Bonchev–Trinajstić information content (AvgIpc) is 3.12. The molecule has 7 heteroatoms. The van der Waals surface area contributed by atoms with E-state index in [-0.39, 0.29) is 0 Å². The van der Waals surface area contributed by atoms with Crippen molar-refractivity contribution in [2.24, 2.45) is 7.05 Å². The van der Waals surface area contributed by atoms with Crippen molar-refractivity contribution in [3.05, 3.63) is 103 Å². The molecule has 0 N–H and O–H groups in total. The molecule has 1 aromatic heterocycles. The standard InChI is InChI=1S/C14H15O2PS2.C7H11N2/c18-17(19,15-11-13-7-3-1-4-8-13)16-12-14-9-5-2-6-10-14;1-3-4-9-6-5-8(2)7-9/h1-10H,11-12H2,(H,18,19);3,5-7H,1,4H2,2H3/q;+1/p-1. The van der Waals surface area contributed by atoms with Crippen molar-refractivity contribution in [1.82, 2.24) is 4.57 Å². The molecular formula is C21H25N2O2PS2. The first-order valence-electron chi connectivity index (χ1n) is 8.78. The van der Waals surface area contributed by atoms with E-state index >= 15 is 0 Å². The number of aromatic nitrogens is 2. The topological polar surface area (TPSA) is 27.3 Å². The van der Waals surface area contributed by atoms with Crippen LogP contribution in [0.5, 0.6) is 0 Å². The van der Waals surface area contributed by atoms with E-state index in [0.29, 0.717) is 13.2 Å². The van der Waals surface area contributed by atoms with Crippen LogP contribution in [0.3, 0.4) is 0 Å². The third-order valence-electron chi connectivity index (χ3n) is 3.63. The van der Waals surface area contributed by atoms with E-state index < -0.39 is 5.69 Å². The van der Waals surface area contributed by atoms with Crippen molar-refractivity contribution >= 4 is 29.7 Å². The maximum Gasteiger partial charge on any atom is 0.243 e. The van der Waals surface area contributed by atoms with Crippen LogP contribution < -0.4 is 4.57 Å². The lowest BCUT2D eigenvalue weighted by atomic mass is 10.2. The minimum absolute atomic E-state index is 0.399. The first-order chi connectivity index (χ1) is 13.5. The fourth-order valence-electron chi connectivity index (χ4n) is 2.25. The molecule has 1 heterocycles. The first-order valence-corrected chi connectivity index (χ1v) is 12.4. The van der Waals surface area contributed by atoms with Gasteiger partial charge in [-0.05, 0) is 11.1 Å². The number of hydrogen-bond acceptors (Lipinski definition) is 4. The Kier molecular flexibility index (Phi) is 9.68. The van der Waals surface area contributed by atoms with Crippen LogP contribution in [0.25, 0.3) is 0 Å². The third-order valence-corrected chi connectivity index (χ3v) is 5.78. The van der Waals surface area contributed by atoms with Crippen molar-refractivity contribution in [2.75, 3.05) is 0 Å². The predicted molar refractivity (Wildman–Crippen MR) is 120 cm³/mol. The highest BCUT2D eigenvalue weighted by atomic mass is 32.9. The second-order valence-electron chi connectivity index (χ2n) is 6.03. The van der Waals surface area contributed by atoms with Gasteiger partial charge in [0.15, 0.2) is 0 Å². The number of hydrogen-bond donors (Lipinski definition) is 0. The van der Waals surface area contributed by atoms with Crippen LogP contribution in [0.2, 0.25) is 0 Å². The summed E-state index contributed by atoms with van der Waals surface area (Å²) in [5.74, 6) is 0. The van der Waals surface area contributed by atoms with Crippen LogP contribution in [0.1, 0.15) is 11.1 Å². The largest absolute Gasteiger partial charge is 0.691 e. The van der Waals surface area contributed by atoms with E-state index in [1.807, 2.05) is 97.1 Å². The molecule has 28 heavy (non-hydrogen) atoms. The Bertz CT molecular complexity index is 838. The Morgan fingerprint density at radius 2 is 1.54 bits per heavy atom. The number of rotatable bonds is 8. The van der Waals surface area contributed by atoms with Crippen LogP contribution in [0.15, 0.2) is 92.0 Å². The molecular weight excluding hydrogens is 407 g/mol. The molecule has 0 fully saturated rings. The molecule has 0 bridgehead atoms. The number of nitrogens with zero attached hydrogens (tertiary/aromatic N) is 2. The zero-order valence-electron chi connectivity index (χ0n) is 15.9. The van der Waals surface area contributed by atoms with Gasteiger partial charge >= 0.3 is 0 Å². The number of allylic oxidation sites excluding steroid dienone is 1. The summed E-state index contributed by atoms with van der Waals surface area (Å²) in [5, 5.41) is 0. The fraction of sp³-hybridized carbons (Fsp3) is 0.190. The SMILES string of the molecule is C=CCn1cc[n+](C)c1.S=P([S-])(OCc1ccccc1)OCc1ccccc1. The van der Waals surface area contributed by atoms with Gasteiger partial charge in [0.25, 0.3) is 0 Å². The third kappa shape index (κ3) is 9.00. The molecule has 2 aromatic carbocycles. The molecule has 3 aromatic rings. The van der Waals surface area contributed by atoms with Crippen LogP contribution in [-0.2, 0) is 59.9 Å². The van der Waals surface area contributed by atoms with E-state index in [1.54, 1.807) is 0 Å². The molecule has 0 spiro atoms. The van der Waals surface area contributed by atoms with Crippen LogP contribution in [0.4, 0.5) is 0 Å². The van der Waals surface area contributed by atoms with Crippen LogP contribution >= 0.6 is 5.69 Å². The molecule has 4 nitrogen and oxygen atoms in total. The zero-order valence-corrected chi connectivity index (χ0v) is 18.4. The summed E-state index contributed by atoms with van der Waals surface area (Å²) < 4.78 is 15.2.